The molecular weight excluding hydrogens is 174 g/mol. The number of nitrogens with zero attached hydrogens (tertiary/aromatic N) is 1. The van der Waals surface area contributed by atoms with Crippen molar-refractivity contribution in [1.29, 1.82) is 0 Å². The largest absolute Gasteiger partial charge is 0.197 e. The second kappa shape index (κ2) is 4.63. The van der Waals surface area contributed by atoms with E-state index in [-0.39, 0.29) is 0 Å². The topological polar surface area (TPSA) is 3.24 Å². The highest BCUT2D eigenvalue weighted by Gasteiger charge is 2.21. The molecule has 0 spiro atoms. The molecule has 0 aromatic carbocycles. The molecule has 0 saturated heterocycles. The van der Waals surface area contributed by atoms with Gasteiger partial charge in [0.1, 0.15) is 0 Å². The van der Waals surface area contributed by atoms with E-state index < -0.39 is 0 Å². The average Bonchev–Trinajstić information content (AvgIpc) is 2.05. The van der Waals surface area contributed by atoms with Crippen LogP contribution in [0.4, 0.5) is 0 Å². The molecule has 0 amide bonds. The highest BCUT2D eigenvalue weighted by Crippen LogP contribution is 2.29. The Kier molecular flexibility index (Phi) is 4.10. The van der Waals surface area contributed by atoms with E-state index in [1.807, 2.05) is 0 Å². The van der Waals surface area contributed by atoms with E-state index in [0.717, 1.165) is 5.92 Å². The lowest BCUT2D eigenvalue weighted by molar-refractivity contribution is 0.274. The van der Waals surface area contributed by atoms with Crippen molar-refractivity contribution in [2.24, 2.45) is 5.92 Å². The van der Waals surface area contributed by atoms with Crippen LogP contribution >= 0.6 is 25.6 Å². The summed E-state index contributed by atoms with van der Waals surface area (Å²) in [5, 5.41) is 0. The van der Waals surface area contributed by atoms with Gasteiger partial charge in [-0.2, -0.15) is 3.71 Å². The highest BCUT2D eigenvalue weighted by atomic mass is 32.2. The molecular formula is C8H17NS2. The van der Waals surface area contributed by atoms with Crippen LogP contribution < -0.4 is 0 Å². The van der Waals surface area contributed by atoms with Crippen LogP contribution in [0.3, 0.4) is 0 Å². The van der Waals surface area contributed by atoms with E-state index in [0.29, 0.717) is 6.04 Å². The van der Waals surface area contributed by atoms with Gasteiger partial charge in [0.2, 0.25) is 0 Å². The predicted molar refractivity (Wildman–Crippen MR) is 55.8 cm³/mol. The molecule has 0 aliphatic heterocycles. The Morgan fingerprint density at radius 3 is 2.18 bits per heavy atom. The minimum absolute atomic E-state index is 0.516. The zero-order valence-electron chi connectivity index (χ0n) is 7.03. The van der Waals surface area contributed by atoms with Gasteiger partial charge in [0.25, 0.3) is 0 Å². The van der Waals surface area contributed by atoms with Crippen LogP contribution in [-0.2, 0) is 0 Å². The number of hydrogen-bond donors (Lipinski definition) is 2. The van der Waals surface area contributed by atoms with Crippen LogP contribution in [0.2, 0.25) is 0 Å². The molecule has 1 aliphatic carbocycles. The molecule has 1 aliphatic rings. The number of thiol groups is 2. The molecule has 1 saturated carbocycles. The Labute approximate surface area is 80.6 Å². The average molecular weight is 191 g/mol. The summed E-state index contributed by atoms with van der Waals surface area (Å²) in [4.78, 5) is 0. The fourth-order valence-electron chi connectivity index (χ4n) is 1.81. The van der Waals surface area contributed by atoms with Crippen molar-refractivity contribution in [3.63, 3.8) is 0 Å². The van der Waals surface area contributed by atoms with Crippen molar-refractivity contribution in [2.75, 3.05) is 0 Å². The molecule has 1 nitrogen and oxygen atoms in total. The second-order valence-corrected chi connectivity index (χ2v) is 4.64. The quantitative estimate of drug-likeness (QED) is 0.635. The van der Waals surface area contributed by atoms with Crippen LogP contribution in [0.15, 0.2) is 0 Å². The Morgan fingerprint density at radius 1 is 1.18 bits per heavy atom. The van der Waals surface area contributed by atoms with Crippen LogP contribution in [-0.4, -0.2) is 9.75 Å². The van der Waals surface area contributed by atoms with E-state index in [4.69, 9.17) is 0 Å². The molecule has 1 atom stereocenters. The zero-order chi connectivity index (χ0) is 8.27. The number of hydrogen-bond acceptors (Lipinski definition) is 3. The Morgan fingerprint density at radius 2 is 1.73 bits per heavy atom. The van der Waals surface area contributed by atoms with Gasteiger partial charge in [-0.3, -0.25) is 0 Å². The molecule has 0 aromatic rings. The molecule has 0 N–H and O–H groups in total. The van der Waals surface area contributed by atoms with Gasteiger partial charge in [-0.05, 0) is 25.7 Å². The maximum atomic E-state index is 4.20. The predicted octanol–water partition coefficient (Wildman–Crippen LogP) is 2.95. The lowest BCUT2D eigenvalue weighted by Gasteiger charge is -2.30. The fourth-order valence-corrected chi connectivity index (χ4v) is 2.18. The normalized spacial score (nSPS) is 24.0. The van der Waals surface area contributed by atoms with Crippen molar-refractivity contribution >= 4 is 25.6 Å². The summed E-state index contributed by atoms with van der Waals surface area (Å²) in [5.74, 6) is 0.818. The Hall–Kier alpha value is 0.660. The third-order valence-electron chi connectivity index (χ3n) is 2.70. The molecule has 11 heavy (non-hydrogen) atoms. The first kappa shape index (κ1) is 9.75. The second-order valence-electron chi connectivity index (χ2n) is 3.46. The van der Waals surface area contributed by atoms with Crippen molar-refractivity contribution in [2.45, 2.75) is 45.1 Å². The molecule has 1 unspecified atom stereocenters. The highest BCUT2D eigenvalue weighted by molar-refractivity contribution is 7.93. The molecule has 0 bridgehead atoms. The summed E-state index contributed by atoms with van der Waals surface area (Å²) in [5.41, 5.74) is 0. The fraction of sp³-hybridized carbons (Fsp3) is 1.00. The van der Waals surface area contributed by atoms with Crippen LogP contribution in [0.5, 0.6) is 0 Å². The first-order valence-electron chi connectivity index (χ1n) is 4.39. The van der Waals surface area contributed by atoms with Gasteiger partial charge in [-0.25, -0.2) is 0 Å². The smallest absolute Gasteiger partial charge is 0.0310 e. The standard InChI is InChI=1S/C8H17NS2/c1-7(9(10)11)8-5-3-2-4-6-8/h7-8,10-11H,2-6H2,1H3. The molecule has 1 fully saturated rings. The summed E-state index contributed by atoms with van der Waals surface area (Å²) in [6.45, 7) is 2.20. The van der Waals surface area contributed by atoms with E-state index in [1.165, 1.54) is 32.1 Å². The third kappa shape index (κ3) is 2.88. The van der Waals surface area contributed by atoms with Crippen molar-refractivity contribution < 1.29 is 0 Å². The third-order valence-corrected chi connectivity index (χ3v) is 3.42. The van der Waals surface area contributed by atoms with Gasteiger partial charge in [-0.1, -0.05) is 44.9 Å². The molecule has 0 radical (unpaired) electrons. The van der Waals surface area contributed by atoms with Gasteiger partial charge in [0.05, 0.1) is 0 Å². The minimum Gasteiger partial charge on any atom is -0.197 e. The lowest BCUT2D eigenvalue weighted by atomic mass is 9.85. The number of rotatable bonds is 2. The first-order chi connectivity index (χ1) is 5.22. The van der Waals surface area contributed by atoms with Crippen molar-refractivity contribution in [1.82, 2.24) is 3.71 Å². The summed E-state index contributed by atoms with van der Waals surface area (Å²) in [7, 11) is 0. The van der Waals surface area contributed by atoms with Gasteiger partial charge < -0.3 is 0 Å². The van der Waals surface area contributed by atoms with Crippen LogP contribution in [0.1, 0.15) is 39.0 Å². The van der Waals surface area contributed by atoms with E-state index in [9.17, 15) is 0 Å². The molecule has 1 rings (SSSR count). The van der Waals surface area contributed by atoms with Gasteiger partial charge in [-0.15, -0.1) is 0 Å². The van der Waals surface area contributed by atoms with E-state index >= 15 is 0 Å². The minimum atomic E-state index is 0.516. The monoisotopic (exact) mass is 191 g/mol. The summed E-state index contributed by atoms with van der Waals surface area (Å²) < 4.78 is 1.75. The molecule has 0 heterocycles. The maximum Gasteiger partial charge on any atom is 0.0310 e. The van der Waals surface area contributed by atoms with Crippen LogP contribution in [0.25, 0.3) is 0 Å². The van der Waals surface area contributed by atoms with Gasteiger partial charge in [0, 0.05) is 6.04 Å². The zero-order valence-corrected chi connectivity index (χ0v) is 8.82. The summed E-state index contributed by atoms with van der Waals surface area (Å²) >= 11 is 8.40. The Bertz CT molecular complexity index is 111. The van der Waals surface area contributed by atoms with E-state index in [1.54, 1.807) is 3.71 Å². The summed E-state index contributed by atoms with van der Waals surface area (Å²) in [6.07, 6.45) is 6.93. The summed E-state index contributed by atoms with van der Waals surface area (Å²) in [6, 6.07) is 0.516. The Balaban J connectivity index is 2.32. The van der Waals surface area contributed by atoms with Crippen molar-refractivity contribution in [3.8, 4) is 0 Å². The maximum absolute atomic E-state index is 4.20. The first-order valence-corrected chi connectivity index (χ1v) is 5.19. The lowest BCUT2D eigenvalue weighted by Crippen LogP contribution is -2.27. The SMILES string of the molecule is CC(C1CCCCC1)N(S)S. The molecule has 3 heteroatoms. The van der Waals surface area contributed by atoms with Gasteiger partial charge in [0.15, 0.2) is 0 Å². The molecule has 0 aromatic heterocycles. The van der Waals surface area contributed by atoms with Crippen molar-refractivity contribution in [3.05, 3.63) is 0 Å². The van der Waals surface area contributed by atoms with E-state index in [2.05, 4.69) is 32.6 Å². The van der Waals surface area contributed by atoms with Gasteiger partial charge >= 0.3 is 0 Å². The van der Waals surface area contributed by atoms with Crippen LogP contribution in [0, 0.1) is 5.92 Å². The molecule has 66 valence electrons.